The highest BCUT2D eigenvalue weighted by Crippen LogP contribution is 2.27. The second-order valence-electron chi connectivity index (χ2n) is 8.02. The van der Waals surface area contributed by atoms with Crippen LogP contribution < -0.4 is 0 Å². The smallest absolute Gasteiger partial charge is 0.0645 e. The number of aliphatic imine (C=N–C) groups is 2. The summed E-state index contributed by atoms with van der Waals surface area (Å²) in [5, 5.41) is 0. The lowest BCUT2D eigenvalue weighted by molar-refractivity contribution is 0.524. The summed E-state index contributed by atoms with van der Waals surface area (Å²) in [6.07, 6.45) is 18.9. The summed E-state index contributed by atoms with van der Waals surface area (Å²) in [6.45, 7) is 10.4. The molecule has 0 spiro atoms. The quantitative estimate of drug-likeness (QED) is 0.537. The van der Waals surface area contributed by atoms with E-state index in [0.29, 0.717) is 12.5 Å². The van der Waals surface area contributed by atoms with Crippen molar-refractivity contribution in [1.82, 2.24) is 4.90 Å². The van der Waals surface area contributed by atoms with Crippen LogP contribution >= 0.6 is 0 Å². The van der Waals surface area contributed by atoms with Gasteiger partial charge in [0.15, 0.2) is 0 Å². The molecule has 0 aromatic carbocycles. The van der Waals surface area contributed by atoms with Crippen LogP contribution in [0.15, 0.2) is 68.9 Å². The van der Waals surface area contributed by atoms with Gasteiger partial charge in [0.25, 0.3) is 0 Å². The number of rotatable bonds is 6. The number of hydrogen-bond donors (Lipinski definition) is 0. The molecule has 3 heteroatoms. The van der Waals surface area contributed by atoms with Gasteiger partial charge in [0.2, 0.25) is 0 Å². The third-order valence-corrected chi connectivity index (χ3v) is 5.59. The Kier molecular flexibility index (Phi) is 8.69. The fourth-order valence-corrected chi connectivity index (χ4v) is 3.52. The van der Waals surface area contributed by atoms with E-state index in [1.165, 1.54) is 22.4 Å². The number of nitrogens with zero attached hydrogens (tertiary/aromatic N) is 3. The number of allylic oxidation sites excluding steroid dienone is 6. The van der Waals surface area contributed by atoms with Gasteiger partial charge in [-0.05, 0) is 54.9 Å². The monoisotopic (exact) mass is 379 g/mol. The molecule has 0 saturated carbocycles. The Bertz CT molecular complexity index is 742. The molecular formula is C25H37N3. The minimum absolute atomic E-state index is 0.253. The topological polar surface area (TPSA) is 28.0 Å². The first kappa shape index (κ1) is 22.1. The van der Waals surface area contributed by atoms with Crippen molar-refractivity contribution in [3.05, 3.63) is 58.9 Å². The molecular weight excluding hydrogens is 342 g/mol. The molecule has 0 aromatic rings. The summed E-state index contributed by atoms with van der Waals surface area (Å²) in [5.74, 6) is 0.805. The van der Waals surface area contributed by atoms with Crippen molar-refractivity contribution in [3.8, 4) is 0 Å². The summed E-state index contributed by atoms with van der Waals surface area (Å²) in [6, 6.07) is 0. The molecule has 28 heavy (non-hydrogen) atoms. The zero-order chi connectivity index (χ0) is 20.5. The van der Waals surface area contributed by atoms with E-state index in [-0.39, 0.29) is 5.92 Å². The van der Waals surface area contributed by atoms with Gasteiger partial charge in [0.1, 0.15) is 0 Å². The van der Waals surface area contributed by atoms with Gasteiger partial charge >= 0.3 is 0 Å². The van der Waals surface area contributed by atoms with E-state index >= 15 is 0 Å². The third-order valence-electron chi connectivity index (χ3n) is 5.59. The highest BCUT2D eigenvalue weighted by molar-refractivity contribution is 6.32. The van der Waals surface area contributed by atoms with E-state index in [1.807, 2.05) is 6.21 Å². The lowest BCUT2D eigenvalue weighted by Crippen LogP contribution is -2.17. The molecule has 1 unspecified atom stereocenters. The van der Waals surface area contributed by atoms with Crippen LogP contribution in [0.1, 0.15) is 47.0 Å². The highest BCUT2D eigenvalue weighted by atomic mass is 15.1. The lowest BCUT2D eigenvalue weighted by Gasteiger charge is -2.19. The zero-order valence-electron chi connectivity index (χ0n) is 18.6. The van der Waals surface area contributed by atoms with Gasteiger partial charge in [0.05, 0.1) is 18.8 Å². The highest BCUT2D eigenvalue weighted by Gasteiger charge is 2.14. The van der Waals surface area contributed by atoms with Gasteiger partial charge in [0, 0.05) is 31.9 Å². The van der Waals surface area contributed by atoms with Gasteiger partial charge in [-0.15, -0.1) is 0 Å². The SMILES string of the molecule is CC[C@H](C)C1=C(CN=CC2=NC/C=C\C(N(C)C)=C/C2C)/C(C)=C\CCC=C1. The lowest BCUT2D eigenvalue weighted by atomic mass is 9.88. The standard InChI is InChI=1S/C25H37N3/c1-7-19(2)23-14-10-8-9-12-20(3)24(23)17-26-18-25-21(4)16-22(28(5)6)13-11-15-27-25/h10-14,16,18-19,21H,7-9,15,17H2,1-6H3/b13-11-,14-10?,20-12-,22-16+,24-23?,26-18?,27-25?/t19-,21?/m0/s1. The van der Waals surface area contributed by atoms with Gasteiger partial charge < -0.3 is 4.90 Å². The van der Waals surface area contributed by atoms with Crippen molar-refractivity contribution >= 4 is 11.9 Å². The van der Waals surface area contributed by atoms with Crippen molar-refractivity contribution in [3.63, 3.8) is 0 Å². The number of likely N-dealkylation sites (N-methyl/N-ethyl adjacent to an activating group) is 1. The summed E-state index contributed by atoms with van der Waals surface area (Å²) >= 11 is 0. The summed E-state index contributed by atoms with van der Waals surface area (Å²) in [5.41, 5.74) is 6.47. The Morgan fingerprint density at radius 3 is 2.75 bits per heavy atom. The van der Waals surface area contributed by atoms with E-state index < -0.39 is 0 Å². The van der Waals surface area contributed by atoms with Crippen LogP contribution in [-0.2, 0) is 0 Å². The third kappa shape index (κ3) is 6.19. The average molecular weight is 380 g/mol. The van der Waals surface area contributed by atoms with Gasteiger partial charge in [-0.1, -0.05) is 51.2 Å². The normalized spacial score (nSPS) is 26.9. The molecule has 0 bridgehead atoms. The molecule has 1 aliphatic carbocycles. The maximum absolute atomic E-state index is 4.85. The maximum atomic E-state index is 4.85. The molecule has 1 aliphatic heterocycles. The van der Waals surface area contributed by atoms with Crippen molar-refractivity contribution in [2.24, 2.45) is 21.8 Å². The molecule has 152 valence electrons. The van der Waals surface area contributed by atoms with E-state index in [4.69, 9.17) is 9.98 Å². The summed E-state index contributed by atoms with van der Waals surface area (Å²) in [7, 11) is 4.16. The van der Waals surface area contributed by atoms with Crippen LogP contribution in [0.3, 0.4) is 0 Å². The maximum Gasteiger partial charge on any atom is 0.0645 e. The van der Waals surface area contributed by atoms with E-state index in [0.717, 1.165) is 31.5 Å². The van der Waals surface area contributed by atoms with Crippen LogP contribution in [0.4, 0.5) is 0 Å². The largest absolute Gasteiger partial charge is 0.378 e. The molecule has 0 aromatic heterocycles. The summed E-state index contributed by atoms with van der Waals surface area (Å²) in [4.78, 5) is 11.7. The first-order valence-electron chi connectivity index (χ1n) is 10.6. The molecule has 0 radical (unpaired) electrons. The number of hydrogen-bond acceptors (Lipinski definition) is 3. The Hall–Kier alpha value is -2.16. The predicted octanol–water partition coefficient (Wildman–Crippen LogP) is 5.79. The van der Waals surface area contributed by atoms with Gasteiger partial charge in [-0.2, -0.15) is 0 Å². The predicted molar refractivity (Wildman–Crippen MR) is 124 cm³/mol. The van der Waals surface area contributed by atoms with Crippen molar-refractivity contribution in [2.45, 2.75) is 47.0 Å². The molecule has 2 aliphatic rings. The van der Waals surface area contributed by atoms with Crippen LogP contribution in [0, 0.1) is 11.8 Å². The molecule has 0 fully saturated rings. The minimum Gasteiger partial charge on any atom is -0.378 e. The van der Waals surface area contributed by atoms with Crippen molar-refractivity contribution in [1.29, 1.82) is 0 Å². The Morgan fingerprint density at radius 2 is 2.04 bits per heavy atom. The van der Waals surface area contributed by atoms with Crippen LogP contribution in [0.25, 0.3) is 0 Å². The van der Waals surface area contributed by atoms with Gasteiger partial charge in [-0.3, -0.25) is 9.98 Å². The van der Waals surface area contributed by atoms with E-state index in [9.17, 15) is 0 Å². The molecule has 2 rings (SSSR count). The second-order valence-corrected chi connectivity index (χ2v) is 8.02. The molecule has 2 atom stereocenters. The van der Waals surface area contributed by atoms with Crippen LogP contribution in [-0.4, -0.2) is 44.0 Å². The fourth-order valence-electron chi connectivity index (χ4n) is 3.52. The molecule has 0 N–H and O–H groups in total. The Morgan fingerprint density at radius 1 is 1.25 bits per heavy atom. The Balaban J connectivity index is 2.26. The molecule has 0 saturated heterocycles. The molecule has 1 heterocycles. The fraction of sp³-hybridized carbons (Fsp3) is 0.520. The first-order chi connectivity index (χ1) is 13.4. The van der Waals surface area contributed by atoms with Gasteiger partial charge in [-0.25, -0.2) is 0 Å². The first-order valence-corrected chi connectivity index (χ1v) is 10.6. The van der Waals surface area contributed by atoms with E-state index in [2.05, 4.69) is 83.1 Å². The van der Waals surface area contributed by atoms with Crippen molar-refractivity contribution in [2.75, 3.05) is 27.2 Å². The minimum atomic E-state index is 0.253. The zero-order valence-corrected chi connectivity index (χ0v) is 18.6. The van der Waals surface area contributed by atoms with Crippen LogP contribution in [0.2, 0.25) is 0 Å². The Labute approximate surface area is 172 Å². The molecule has 3 nitrogen and oxygen atoms in total. The average Bonchev–Trinajstić information content (AvgIpc) is 2.64. The second kappa shape index (κ2) is 11.0. The summed E-state index contributed by atoms with van der Waals surface area (Å²) < 4.78 is 0. The van der Waals surface area contributed by atoms with E-state index in [1.54, 1.807) is 0 Å². The van der Waals surface area contributed by atoms with Crippen molar-refractivity contribution < 1.29 is 0 Å². The van der Waals surface area contributed by atoms with Crippen LogP contribution in [0.5, 0.6) is 0 Å². The molecule has 0 amide bonds.